The van der Waals surface area contributed by atoms with Gasteiger partial charge in [-0.05, 0) is 38.9 Å². The van der Waals surface area contributed by atoms with Gasteiger partial charge in [-0.15, -0.1) is 0 Å². The normalized spacial score (nSPS) is 23.0. The van der Waals surface area contributed by atoms with Crippen LogP contribution in [0.3, 0.4) is 0 Å². The summed E-state index contributed by atoms with van der Waals surface area (Å²) in [5.74, 6) is -2.31. The number of β-lactam (4-membered cyclic amide) rings is 1. The van der Waals surface area contributed by atoms with Crippen molar-refractivity contribution in [2.45, 2.75) is 95.8 Å². The van der Waals surface area contributed by atoms with Gasteiger partial charge in [-0.1, -0.05) is 81.4 Å². The van der Waals surface area contributed by atoms with Crippen LogP contribution in [-0.2, 0) is 28.2 Å². The van der Waals surface area contributed by atoms with Crippen LogP contribution < -0.4 is 5.76 Å². The number of carbonyl (C=O) groups is 2. The maximum atomic E-state index is 14.5. The molecule has 0 bridgehead atoms. The molecule has 2 fully saturated rings. The van der Waals surface area contributed by atoms with Gasteiger partial charge in [0.15, 0.2) is 25.9 Å². The van der Waals surface area contributed by atoms with E-state index in [9.17, 15) is 14.4 Å². The minimum atomic E-state index is -2.37. The molecule has 5 atom stereocenters. The van der Waals surface area contributed by atoms with Gasteiger partial charge in [0.2, 0.25) is 5.91 Å². The van der Waals surface area contributed by atoms with Gasteiger partial charge >= 0.3 is 11.7 Å². The van der Waals surface area contributed by atoms with Gasteiger partial charge < -0.3 is 28.0 Å². The fourth-order valence-corrected chi connectivity index (χ4v) is 7.43. The largest absolute Gasteiger partial charge is 0.467 e. The fraction of sp³-hybridized carbons (Fsp3) is 0.500. The van der Waals surface area contributed by atoms with Crippen LogP contribution in [0.4, 0.5) is 0 Å². The molecule has 0 radical (unpaired) electrons. The fourth-order valence-electron chi connectivity index (χ4n) is 6.02. The Morgan fingerprint density at radius 3 is 2.09 bits per heavy atom. The van der Waals surface area contributed by atoms with Crippen molar-refractivity contribution in [3.8, 4) is 22.6 Å². The summed E-state index contributed by atoms with van der Waals surface area (Å²) in [6.07, 6.45) is -1.35. The summed E-state index contributed by atoms with van der Waals surface area (Å²) in [5.41, 5.74) is 1.86. The second-order valence-corrected chi connectivity index (χ2v) is 18.5. The number of hydrogen-bond acceptors (Lipinski definition) is 8. The molecule has 0 saturated carbocycles. The zero-order valence-electron chi connectivity index (χ0n) is 27.5. The average Bonchev–Trinajstić information content (AvgIpc) is 3.51. The van der Waals surface area contributed by atoms with E-state index in [1.807, 2.05) is 60.7 Å². The number of methoxy groups -OCH3 is 1. The van der Waals surface area contributed by atoms with Crippen molar-refractivity contribution >= 4 is 20.2 Å². The van der Waals surface area contributed by atoms with Crippen LogP contribution in [0.15, 0.2) is 69.9 Å². The third-order valence-electron chi connectivity index (χ3n) is 9.24. The lowest BCUT2D eigenvalue weighted by Gasteiger charge is -2.53. The van der Waals surface area contributed by atoms with Crippen LogP contribution in [0, 0.1) is 0 Å². The van der Waals surface area contributed by atoms with Gasteiger partial charge in [-0.25, -0.2) is 9.59 Å². The Balaban J connectivity index is 1.65. The van der Waals surface area contributed by atoms with Crippen LogP contribution in [0.2, 0.25) is 18.1 Å². The summed E-state index contributed by atoms with van der Waals surface area (Å²) >= 11 is 0. The van der Waals surface area contributed by atoms with Crippen LogP contribution in [0.1, 0.15) is 47.6 Å². The highest BCUT2D eigenvalue weighted by Crippen LogP contribution is 2.45. The number of likely N-dealkylation sites (tertiary alicyclic amines) is 1. The Bertz CT molecular complexity index is 1590. The molecule has 11 heteroatoms. The monoisotopic (exact) mass is 636 g/mol. The molecule has 0 spiro atoms. The second kappa shape index (κ2) is 12.0. The maximum absolute atomic E-state index is 14.5. The number of esters is 1. The van der Waals surface area contributed by atoms with Crippen molar-refractivity contribution in [3.05, 3.63) is 71.2 Å². The molecule has 0 N–H and O–H groups in total. The zero-order chi connectivity index (χ0) is 32.9. The molecule has 1 amide bonds. The van der Waals surface area contributed by atoms with E-state index in [1.165, 1.54) is 16.6 Å². The van der Waals surface area contributed by atoms with E-state index in [0.717, 1.165) is 0 Å². The average molecular weight is 637 g/mol. The third kappa shape index (κ3) is 6.06. The molecule has 10 nitrogen and oxygen atoms in total. The number of hydrogen-bond donors (Lipinski definition) is 0. The number of aromatic nitrogens is 1. The van der Waals surface area contributed by atoms with Gasteiger partial charge in [-0.3, -0.25) is 9.36 Å². The molecule has 2 aliphatic heterocycles. The first kappa shape index (κ1) is 32.9. The zero-order valence-corrected chi connectivity index (χ0v) is 28.5. The highest BCUT2D eigenvalue weighted by Gasteiger charge is 2.61. The quantitative estimate of drug-likeness (QED) is 0.169. The smallest absolute Gasteiger partial charge is 0.420 e. The molecule has 3 heterocycles. The predicted molar refractivity (Wildman–Crippen MR) is 172 cm³/mol. The molecule has 242 valence electrons. The number of ether oxygens (including phenoxy) is 3. The van der Waals surface area contributed by atoms with E-state index in [4.69, 9.17) is 23.1 Å². The van der Waals surface area contributed by atoms with Crippen molar-refractivity contribution in [2.24, 2.45) is 0 Å². The SMILES string of the molecule is COC(=O)[C@@H]([C@H](C)O[Si](C)(C)C(C)(C)C)N1C(=O)[C@@H](n2c(-c3ccccc3)c(-c3ccccc3)oc2=O)[C@H]1[C@H]1COC(C)(C)O1. The predicted octanol–water partition coefficient (Wildman–Crippen LogP) is 5.63. The van der Waals surface area contributed by atoms with E-state index in [2.05, 4.69) is 33.9 Å². The molecule has 45 heavy (non-hydrogen) atoms. The first-order valence-electron chi connectivity index (χ1n) is 15.3. The standard InChI is InChI=1S/C34H44N2O8Si/c1-21(44-45(8,9)33(2,3)4)25(31(38)40-7)35-27(24-20-41-34(5,6)43-24)28(30(35)37)36-26(22-16-12-10-13-17-22)29(42-32(36)39)23-18-14-11-15-19-23/h10-19,21,24-25,27-28H,20H2,1-9H3/t21-,24+,25+,27+,28-/m0/s1. The first-order chi connectivity index (χ1) is 21.1. The third-order valence-corrected chi connectivity index (χ3v) is 13.8. The molecule has 2 saturated heterocycles. The number of amides is 1. The van der Waals surface area contributed by atoms with Gasteiger partial charge in [0.1, 0.15) is 12.1 Å². The summed E-state index contributed by atoms with van der Waals surface area (Å²) in [6, 6.07) is 15.8. The van der Waals surface area contributed by atoms with Gasteiger partial charge in [0, 0.05) is 11.1 Å². The number of oxazole rings is 1. The minimum Gasteiger partial charge on any atom is -0.467 e. The summed E-state index contributed by atoms with van der Waals surface area (Å²) < 4.78 is 31.5. The van der Waals surface area contributed by atoms with Gasteiger partial charge in [-0.2, -0.15) is 0 Å². The van der Waals surface area contributed by atoms with E-state index >= 15 is 0 Å². The van der Waals surface area contributed by atoms with Crippen molar-refractivity contribution in [3.63, 3.8) is 0 Å². The number of rotatable bonds is 9. The molecule has 0 aliphatic carbocycles. The Morgan fingerprint density at radius 2 is 1.58 bits per heavy atom. The Kier molecular flexibility index (Phi) is 8.78. The van der Waals surface area contributed by atoms with Crippen LogP contribution in [-0.4, -0.2) is 73.5 Å². The van der Waals surface area contributed by atoms with Crippen LogP contribution in [0.5, 0.6) is 0 Å². The van der Waals surface area contributed by atoms with E-state index in [1.54, 1.807) is 20.8 Å². The minimum absolute atomic E-state index is 0.141. The lowest BCUT2D eigenvalue weighted by Crippen LogP contribution is -2.73. The highest BCUT2D eigenvalue weighted by molar-refractivity contribution is 6.74. The summed E-state index contributed by atoms with van der Waals surface area (Å²) in [4.78, 5) is 43.3. The lowest BCUT2D eigenvalue weighted by molar-refractivity contribution is -0.191. The molecule has 2 aliphatic rings. The van der Waals surface area contributed by atoms with Crippen molar-refractivity contribution in [2.75, 3.05) is 13.7 Å². The molecular weight excluding hydrogens is 592 g/mol. The highest BCUT2D eigenvalue weighted by atomic mass is 28.4. The van der Waals surface area contributed by atoms with E-state index in [-0.39, 0.29) is 11.6 Å². The second-order valence-electron chi connectivity index (χ2n) is 13.7. The lowest BCUT2D eigenvalue weighted by atomic mass is 9.86. The summed E-state index contributed by atoms with van der Waals surface area (Å²) in [6.45, 7) is 16.0. The maximum Gasteiger partial charge on any atom is 0.420 e. The van der Waals surface area contributed by atoms with Crippen molar-refractivity contribution in [1.29, 1.82) is 0 Å². The van der Waals surface area contributed by atoms with E-state index < -0.39 is 62.1 Å². The molecule has 2 aromatic carbocycles. The summed E-state index contributed by atoms with van der Waals surface area (Å²) in [5, 5.41) is -0.141. The van der Waals surface area contributed by atoms with Crippen LogP contribution >= 0.6 is 0 Å². The topological polar surface area (TPSA) is 109 Å². The van der Waals surface area contributed by atoms with Gasteiger partial charge in [0.25, 0.3) is 0 Å². The Labute approximate surface area is 265 Å². The Hall–Kier alpha value is -3.51. The van der Waals surface area contributed by atoms with E-state index in [0.29, 0.717) is 22.6 Å². The van der Waals surface area contributed by atoms with Crippen molar-refractivity contribution < 1.29 is 32.6 Å². The van der Waals surface area contributed by atoms with Crippen LogP contribution in [0.25, 0.3) is 22.6 Å². The summed E-state index contributed by atoms with van der Waals surface area (Å²) in [7, 11) is -1.08. The number of nitrogens with zero attached hydrogens (tertiary/aromatic N) is 2. The van der Waals surface area contributed by atoms with Crippen molar-refractivity contribution in [1.82, 2.24) is 9.47 Å². The number of benzene rings is 2. The molecular formula is C34H44N2O8Si. The molecule has 5 rings (SSSR count). The molecule has 0 unspecified atom stereocenters. The molecule has 3 aromatic rings. The first-order valence-corrected chi connectivity index (χ1v) is 18.2. The number of carbonyl (C=O) groups excluding carboxylic acids is 2. The molecule has 1 aromatic heterocycles. The Morgan fingerprint density at radius 1 is 1.00 bits per heavy atom. The van der Waals surface area contributed by atoms with Gasteiger partial charge in [0.05, 0.1) is 31.6 Å².